The summed E-state index contributed by atoms with van der Waals surface area (Å²) in [5.74, 6) is -0.0591. The smallest absolute Gasteiger partial charge is 0.258 e. The fraction of sp³-hybridized carbons (Fsp3) is 0.385. The van der Waals surface area contributed by atoms with Crippen LogP contribution in [0.5, 0.6) is 0 Å². The van der Waals surface area contributed by atoms with Gasteiger partial charge in [-0.3, -0.25) is 10.1 Å². The van der Waals surface area contributed by atoms with Crippen LogP contribution in [0.1, 0.15) is 42.9 Å². The molecule has 18 heavy (non-hydrogen) atoms. The first-order valence-corrected chi connectivity index (χ1v) is 5.63. The topological polar surface area (TPSA) is 90.7 Å². The van der Waals surface area contributed by atoms with Crippen LogP contribution in [0.25, 0.3) is 0 Å². The van der Waals surface area contributed by atoms with Gasteiger partial charge in [0.15, 0.2) is 0 Å². The summed E-state index contributed by atoms with van der Waals surface area (Å²) < 4.78 is 0. The zero-order valence-corrected chi connectivity index (χ0v) is 10.3. The number of nitrogens with zero attached hydrogens (tertiary/aromatic N) is 3. The van der Waals surface area contributed by atoms with E-state index in [1.165, 1.54) is 6.07 Å². The van der Waals surface area contributed by atoms with Crippen LogP contribution in [0.3, 0.4) is 0 Å². The Kier molecular flexibility index (Phi) is 4.39. The second kappa shape index (κ2) is 5.79. The summed E-state index contributed by atoms with van der Waals surface area (Å²) in [6.45, 7) is 3.77. The fourth-order valence-corrected chi connectivity index (χ4v) is 1.86. The normalized spacial score (nSPS) is 11.3. The van der Waals surface area contributed by atoms with E-state index in [0.717, 1.165) is 0 Å². The number of benzene rings is 1. The molecule has 0 spiro atoms. The Morgan fingerprint density at radius 3 is 2.56 bits per heavy atom. The highest BCUT2D eigenvalue weighted by Crippen LogP contribution is 2.33. The lowest BCUT2D eigenvalue weighted by molar-refractivity contribution is -0.385. The van der Waals surface area contributed by atoms with E-state index in [9.17, 15) is 10.1 Å². The Bertz CT molecular complexity index is 553. The molecule has 1 atom stereocenters. The van der Waals surface area contributed by atoms with Gasteiger partial charge in [-0.1, -0.05) is 13.8 Å². The van der Waals surface area contributed by atoms with E-state index in [2.05, 4.69) is 0 Å². The van der Waals surface area contributed by atoms with Crippen molar-refractivity contribution in [3.05, 3.63) is 38.9 Å². The Balaban J connectivity index is 3.53. The molecule has 0 saturated carbocycles. The summed E-state index contributed by atoms with van der Waals surface area (Å²) in [5, 5.41) is 28.8. The lowest BCUT2D eigenvalue weighted by Gasteiger charge is -2.12. The first-order chi connectivity index (χ1) is 8.54. The summed E-state index contributed by atoms with van der Waals surface area (Å²) >= 11 is 0. The van der Waals surface area contributed by atoms with Gasteiger partial charge in [-0.2, -0.15) is 10.5 Å². The van der Waals surface area contributed by atoms with Crippen molar-refractivity contribution in [3.8, 4) is 12.1 Å². The third-order valence-corrected chi connectivity index (χ3v) is 2.92. The number of hydrogen-bond acceptors (Lipinski definition) is 4. The van der Waals surface area contributed by atoms with Crippen molar-refractivity contribution in [2.24, 2.45) is 0 Å². The van der Waals surface area contributed by atoms with E-state index < -0.39 is 4.92 Å². The van der Waals surface area contributed by atoms with Crippen LogP contribution < -0.4 is 0 Å². The highest BCUT2D eigenvalue weighted by molar-refractivity contribution is 5.55. The molecule has 5 heteroatoms. The number of nitro groups is 1. The van der Waals surface area contributed by atoms with Gasteiger partial charge in [0.2, 0.25) is 0 Å². The molecule has 0 aliphatic rings. The number of hydrogen-bond donors (Lipinski definition) is 0. The second-order valence-electron chi connectivity index (χ2n) is 4.09. The molecule has 0 N–H and O–H groups in total. The van der Waals surface area contributed by atoms with Crippen LogP contribution in [0.15, 0.2) is 12.1 Å². The van der Waals surface area contributed by atoms with Crippen LogP contribution in [0.4, 0.5) is 5.69 Å². The average Bonchev–Trinajstić information content (AvgIpc) is 2.37. The lowest BCUT2D eigenvalue weighted by Crippen LogP contribution is -2.04. The van der Waals surface area contributed by atoms with Crippen molar-refractivity contribution in [1.29, 1.82) is 10.5 Å². The van der Waals surface area contributed by atoms with Gasteiger partial charge in [0.1, 0.15) is 0 Å². The van der Waals surface area contributed by atoms with Crippen LogP contribution in [0.2, 0.25) is 0 Å². The van der Waals surface area contributed by atoms with Crippen LogP contribution in [-0.2, 0) is 6.42 Å². The maximum atomic E-state index is 11.1. The Hall–Kier alpha value is -2.40. The molecule has 1 aromatic rings. The zero-order valence-electron chi connectivity index (χ0n) is 10.3. The van der Waals surface area contributed by atoms with E-state index in [0.29, 0.717) is 23.1 Å². The Morgan fingerprint density at radius 1 is 1.44 bits per heavy atom. The third kappa shape index (κ3) is 2.64. The minimum atomic E-state index is -0.483. The molecule has 0 fully saturated rings. The number of rotatable bonds is 4. The molecule has 0 amide bonds. The van der Waals surface area contributed by atoms with Crippen molar-refractivity contribution in [1.82, 2.24) is 0 Å². The fourth-order valence-electron chi connectivity index (χ4n) is 1.86. The van der Waals surface area contributed by atoms with Gasteiger partial charge in [0, 0.05) is 6.07 Å². The average molecular weight is 243 g/mol. The molecule has 0 saturated heterocycles. The van der Waals surface area contributed by atoms with Crippen LogP contribution >= 0.6 is 0 Å². The van der Waals surface area contributed by atoms with E-state index in [1.54, 1.807) is 6.07 Å². The van der Waals surface area contributed by atoms with E-state index >= 15 is 0 Å². The van der Waals surface area contributed by atoms with Gasteiger partial charge in [0.25, 0.3) is 5.69 Å². The largest absolute Gasteiger partial charge is 0.274 e. The molecule has 0 aromatic heterocycles. The minimum Gasteiger partial charge on any atom is -0.258 e. The quantitative estimate of drug-likeness (QED) is 0.600. The monoisotopic (exact) mass is 243 g/mol. The molecule has 0 aliphatic carbocycles. The zero-order chi connectivity index (χ0) is 13.7. The Morgan fingerprint density at radius 2 is 2.11 bits per heavy atom. The van der Waals surface area contributed by atoms with Crippen molar-refractivity contribution >= 4 is 5.69 Å². The lowest BCUT2D eigenvalue weighted by atomic mass is 9.90. The van der Waals surface area contributed by atoms with Gasteiger partial charge in [-0.05, 0) is 24.0 Å². The van der Waals surface area contributed by atoms with Gasteiger partial charge in [0.05, 0.1) is 34.6 Å². The summed E-state index contributed by atoms with van der Waals surface area (Å²) in [4.78, 5) is 10.6. The number of nitro benzene ring substituents is 1. The summed E-state index contributed by atoms with van der Waals surface area (Å²) in [6, 6.07) is 6.88. The SMILES string of the molecule is CCC(C)c1c(C#N)cc(CC#N)cc1[N+](=O)[O-]. The van der Waals surface area contributed by atoms with Gasteiger partial charge < -0.3 is 0 Å². The Labute approximate surface area is 105 Å². The third-order valence-electron chi connectivity index (χ3n) is 2.92. The van der Waals surface area contributed by atoms with Gasteiger partial charge in [-0.15, -0.1) is 0 Å². The molecule has 5 nitrogen and oxygen atoms in total. The van der Waals surface area contributed by atoms with Gasteiger partial charge in [-0.25, -0.2) is 0 Å². The molecular weight excluding hydrogens is 230 g/mol. The first-order valence-electron chi connectivity index (χ1n) is 5.63. The highest BCUT2D eigenvalue weighted by atomic mass is 16.6. The van der Waals surface area contributed by atoms with E-state index in [-0.39, 0.29) is 18.0 Å². The maximum Gasteiger partial charge on any atom is 0.274 e. The molecule has 92 valence electrons. The molecule has 1 rings (SSSR count). The first kappa shape index (κ1) is 13.7. The van der Waals surface area contributed by atoms with Crippen molar-refractivity contribution < 1.29 is 4.92 Å². The maximum absolute atomic E-state index is 11.1. The summed E-state index contributed by atoms with van der Waals surface area (Å²) in [5.41, 5.74) is 1.21. The van der Waals surface area contributed by atoms with E-state index in [1.807, 2.05) is 26.0 Å². The van der Waals surface area contributed by atoms with Crippen LogP contribution in [0, 0.1) is 32.8 Å². The summed E-state index contributed by atoms with van der Waals surface area (Å²) in [6.07, 6.45) is 0.781. The predicted octanol–water partition coefficient (Wildman–Crippen LogP) is 3.05. The number of nitriles is 2. The molecule has 0 bridgehead atoms. The molecule has 0 aliphatic heterocycles. The van der Waals surface area contributed by atoms with Crippen LogP contribution in [-0.4, -0.2) is 4.92 Å². The highest BCUT2D eigenvalue weighted by Gasteiger charge is 2.23. The van der Waals surface area contributed by atoms with Gasteiger partial charge >= 0.3 is 0 Å². The summed E-state index contributed by atoms with van der Waals surface area (Å²) in [7, 11) is 0. The molecular formula is C13H13N3O2. The van der Waals surface area contributed by atoms with Crippen molar-refractivity contribution in [2.75, 3.05) is 0 Å². The molecule has 1 unspecified atom stereocenters. The van der Waals surface area contributed by atoms with Crippen molar-refractivity contribution in [2.45, 2.75) is 32.6 Å². The molecule has 0 heterocycles. The minimum absolute atomic E-state index is 0.0591. The second-order valence-corrected chi connectivity index (χ2v) is 4.09. The standard InChI is InChI=1S/C13H13N3O2/c1-3-9(2)13-11(8-15)6-10(4-5-14)7-12(13)16(17)18/h6-7,9H,3-4H2,1-2H3. The van der Waals surface area contributed by atoms with E-state index in [4.69, 9.17) is 10.5 Å². The van der Waals surface area contributed by atoms with Crippen molar-refractivity contribution in [3.63, 3.8) is 0 Å². The molecule has 1 aromatic carbocycles. The molecule has 0 radical (unpaired) electrons. The predicted molar refractivity (Wildman–Crippen MR) is 65.8 cm³/mol.